The maximum absolute atomic E-state index is 13.7. The molecule has 0 aliphatic carbocycles. The molecule has 0 bridgehead atoms. The molecule has 11 heteroatoms. The van der Waals surface area contributed by atoms with Crippen LogP contribution < -0.4 is 9.75 Å². The lowest BCUT2D eigenvalue weighted by atomic mass is 10.2. The van der Waals surface area contributed by atoms with Crippen LogP contribution in [0.4, 0.5) is 5.13 Å². The number of benzene rings is 3. The molecule has 0 radical (unpaired) electrons. The molecule has 1 aromatic heterocycles. The van der Waals surface area contributed by atoms with Gasteiger partial charge in [-0.15, -0.1) is 0 Å². The van der Waals surface area contributed by atoms with Crippen LogP contribution in [0.15, 0.2) is 81.2 Å². The average Bonchev–Trinajstić information content (AvgIpc) is 3.36. The second-order valence-corrected chi connectivity index (χ2v) is 12.5. The van der Waals surface area contributed by atoms with E-state index in [1.807, 2.05) is 56.3 Å². The summed E-state index contributed by atoms with van der Waals surface area (Å²) < 4.78 is 34.7. The number of anilines is 1. The second-order valence-electron chi connectivity index (χ2n) is 8.62. The fourth-order valence-electron chi connectivity index (χ4n) is 3.80. The zero-order chi connectivity index (χ0) is 28.0. The van der Waals surface area contributed by atoms with Crippen LogP contribution >= 0.6 is 27.3 Å². The largest absolute Gasteiger partial charge is 0.497 e. The highest BCUT2D eigenvalue weighted by atomic mass is 79.9. The van der Waals surface area contributed by atoms with Crippen LogP contribution in [-0.4, -0.2) is 50.0 Å². The molecule has 0 aliphatic rings. The van der Waals surface area contributed by atoms with Crippen molar-refractivity contribution in [3.8, 4) is 5.75 Å². The molecule has 0 N–H and O–H groups in total. The summed E-state index contributed by atoms with van der Waals surface area (Å²) in [5.41, 5.74) is 1.80. The van der Waals surface area contributed by atoms with E-state index in [0.29, 0.717) is 24.0 Å². The molecule has 0 saturated carbocycles. The molecule has 39 heavy (non-hydrogen) atoms. The smallest absolute Gasteiger partial charge is 0.280 e. The van der Waals surface area contributed by atoms with E-state index in [9.17, 15) is 13.2 Å². The number of nitrogens with zero attached hydrogens (tertiary/aromatic N) is 4. The summed E-state index contributed by atoms with van der Waals surface area (Å²) in [6.07, 6.45) is 3.25. The summed E-state index contributed by atoms with van der Waals surface area (Å²) in [4.78, 5) is 18.5. The first-order valence-electron chi connectivity index (χ1n) is 12.5. The number of halogens is 1. The van der Waals surface area contributed by atoms with Crippen molar-refractivity contribution in [1.82, 2.24) is 9.29 Å². The van der Waals surface area contributed by atoms with E-state index in [1.165, 1.54) is 44.9 Å². The van der Waals surface area contributed by atoms with Gasteiger partial charge in [-0.05, 0) is 78.7 Å². The van der Waals surface area contributed by atoms with Crippen LogP contribution in [0.2, 0.25) is 0 Å². The van der Waals surface area contributed by atoms with Gasteiger partial charge in [-0.25, -0.2) is 13.4 Å². The first-order chi connectivity index (χ1) is 18.8. The molecular formula is C28H29BrN4O4S2. The molecule has 4 aromatic rings. The van der Waals surface area contributed by atoms with Crippen LogP contribution in [0, 0.1) is 0 Å². The van der Waals surface area contributed by atoms with Crippen molar-refractivity contribution in [3.63, 3.8) is 0 Å². The summed E-state index contributed by atoms with van der Waals surface area (Å²) in [6.45, 7) is 4.68. The lowest BCUT2D eigenvalue weighted by Gasteiger charge is -2.20. The van der Waals surface area contributed by atoms with Crippen molar-refractivity contribution in [2.24, 2.45) is 5.10 Å². The molecule has 8 nitrogen and oxygen atoms in total. The van der Waals surface area contributed by atoms with E-state index in [2.05, 4.69) is 26.0 Å². The third kappa shape index (κ3) is 6.73. The van der Waals surface area contributed by atoms with Gasteiger partial charge >= 0.3 is 0 Å². The van der Waals surface area contributed by atoms with E-state index >= 15 is 0 Å². The Kier molecular flexibility index (Phi) is 9.49. The minimum Gasteiger partial charge on any atom is -0.497 e. The van der Waals surface area contributed by atoms with Gasteiger partial charge in [0.05, 0.1) is 28.4 Å². The number of hydrogen-bond donors (Lipinski definition) is 0. The molecule has 1 heterocycles. The molecular weight excluding hydrogens is 600 g/mol. The van der Waals surface area contributed by atoms with Gasteiger partial charge in [-0.3, -0.25) is 4.79 Å². The van der Waals surface area contributed by atoms with E-state index in [-0.39, 0.29) is 10.5 Å². The molecule has 0 atom stereocenters. The normalized spacial score (nSPS) is 11.9. The number of methoxy groups -OCH3 is 1. The van der Waals surface area contributed by atoms with Gasteiger partial charge in [0, 0.05) is 23.1 Å². The number of amides is 1. The second kappa shape index (κ2) is 12.8. The number of fused-ring (bicyclic) bond motifs is 1. The minimum atomic E-state index is -3.66. The molecule has 204 valence electrons. The number of aromatic nitrogens is 1. The molecule has 0 saturated heterocycles. The molecule has 0 unspecified atom stereocenters. The van der Waals surface area contributed by atoms with Crippen LogP contribution in [0.1, 0.15) is 42.6 Å². The Morgan fingerprint density at radius 2 is 1.79 bits per heavy atom. The number of hydrazone groups is 1. The summed E-state index contributed by atoms with van der Waals surface area (Å²) in [5.74, 6) is 0.281. The number of unbranched alkanes of at least 4 members (excludes halogenated alkanes) is 1. The van der Waals surface area contributed by atoms with Crippen molar-refractivity contribution in [1.29, 1.82) is 0 Å². The predicted molar refractivity (Wildman–Crippen MR) is 161 cm³/mol. The number of carbonyl (C=O) groups excluding carboxylic acids is 1. The van der Waals surface area contributed by atoms with Crippen molar-refractivity contribution in [3.05, 3.63) is 82.3 Å². The van der Waals surface area contributed by atoms with Crippen molar-refractivity contribution in [2.45, 2.75) is 31.6 Å². The van der Waals surface area contributed by atoms with Crippen LogP contribution in [0.3, 0.4) is 0 Å². The molecule has 0 aliphatic heterocycles. The number of thiazole rings is 1. The highest BCUT2D eigenvalue weighted by Gasteiger charge is 2.25. The predicted octanol–water partition coefficient (Wildman–Crippen LogP) is 6.56. The molecule has 4 rings (SSSR count). The fraction of sp³-hybridized carbons (Fsp3) is 0.250. The lowest BCUT2D eigenvalue weighted by Crippen LogP contribution is -2.32. The average molecular weight is 630 g/mol. The SMILES string of the molecule is CCCCN(CC)S(=O)(=O)c1ccc(C(=O)N(/N=C/c2ccc(OC)cc2)c2nc3ccc(Br)cc3s2)cc1. The zero-order valence-electron chi connectivity index (χ0n) is 21.9. The summed E-state index contributed by atoms with van der Waals surface area (Å²) >= 11 is 4.81. The Hall–Kier alpha value is -3.12. The first kappa shape index (κ1) is 28.9. The maximum atomic E-state index is 13.7. The Labute approximate surface area is 241 Å². The van der Waals surface area contributed by atoms with Gasteiger partial charge in [-0.2, -0.15) is 14.4 Å². The van der Waals surface area contributed by atoms with Gasteiger partial charge in [0.1, 0.15) is 5.75 Å². The number of carbonyl (C=O) groups is 1. The Morgan fingerprint density at radius 1 is 1.08 bits per heavy atom. The Morgan fingerprint density at radius 3 is 2.44 bits per heavy atom. The molecule has 0 spiro atoms. The van der Waals surface area contributed by atoms with E-state index < -0.39 is 15.9 Å². The number of hydrogen-bond acceptors (Lipinski definition) is 7. The summed E-state index contributed by atoms with van der Waals surface area (Å²) in [5, 5.41) is 6.12. The van der Waals surface area contributed by atoms with Crippen LogP contribution in [-0.2, 0) is 10.0 Å². The zero-order valence-corrected chi connectivity index (χ0v) is 25.1. The number of rotatable bonds is 11. The Balaban J connectivity index is 1.67. The minimum absolute atomic E-state index is 0.148. The monoisotopic (exact) mass is 628 g/mol. The first-order valence-corrected chi connectivity index (χ1v) is 15.5. The highest BCUT2D eigenvalue weighted by Crippen LogP contribution is 2.32. The maximum Gasteiger partial charge on any atom is 0.280 e. The fourth-order valence-corrected chi connectivity index (χ4v) is 6.77. The van der Waals surface area contributed by atoms with E-state index in [0.717, 1.165) is 33.1 Å². The van der Waals surface area contributed by atoms with Gasteiger partial charge in [-0.1, -0.05) is 47.5 Å². The van der Waals surface area contributed by atoms with Gasteiger partial charge in [0.15, 0.2) is 0 Å². The standard InChI is InChI=1S/C28H29BrN4O4S2/c1-4-6-17-32(5-2)39(35,36)24-14-9-21(10-15-24)27(34)33(30-19-20-7-12-23(37-3)13-8-20)28-31-25-16-11-22(29)18-26(25)38-28/h7-16,18-19H,4-6,17H2,1-3H3/b30-19+. The van der Waals surface area contributed by atoms with Crippen molar-refractivity contribution < 1.29 is 17.9 Å². The van der Waals surface area contributed by atoms with Crippen LogP contribution in [0.25, 0.3) is 10.2 Å². The van der Waals surface area contributed by atoms with Crippen LogP contribution in [0.5, 0.6) is 5.75 Å². The quantitative estimate of drug-likeness (QED) is 0.139. The van der Waals surface area contributed by atoms with Gasteiger partial charge in [0.2, 0.25) is 15.2 Å². The molecule has 1 amide bonds. The van der Waals surface area contributed by atoms with Crippen molar-refractivity contribution in [2.75, 3.05) is 25.2 Å². The molecule has 0 fully saturated rings. The number of ether oxygens (including phenoxy) is 1. The molecule has 3 aromatic carbocycles. The topological polar surface area (TPSA) is 92.2 Å². The third-order valence-corrected chi connectivity index (χ3v) is 9.48. The van der Waals surface area contributed by atoms with E-state index in [1.54, 1.807) is 13.3 Å². The highest BCUT2D eigenvalue weighted by molar-refractivity contribution is 9.10. The van der Waals surface area contributed by atoms with Gasteiger partial charge in [0.25, 0.3) is 5.91 Å². The number of sulfonamides is 1. The summed E-state index contributed by atoms with van der Waals surface area (Å²) in [7, 11) is -2.06. The lowest BCUT2D eigenvalue weighted by molar-refractivity contribution is 0.0987. The Bertz CT molecular complexity index is 1570. The van der Waals surface area contributed by atoms with Gasteiger partial charge < -0.3 is 4.74 Å². The van der Waals surface area contributed by atoms with Crippen molar-refractivity contribution >= 4 is 64.8 Å². The van der Waals surface area contributed by atoms with E-state index in [4.69, 9.17) is 4.74 Å². The third-order valence-electron chi connectivity index (χ3n) is 6.00. The summed E-state index contributed by atoms with van der Waals surface area (Å²) in [6, 6.07) is 18.9.